The Morgan fingerprint density at radius 3 is 1.18 bits per heavy atom. The van der Waals surface area contributed by atoms with Gasteiger partial charge in [-0.25, -0.2) is 0 Å². The summed E-state index contributed by atoms with van der Waals surface area (Å²) in [5.74, 6) is 0. The predicted molar refractivity (Wildman–Crippen MR) is 131 cm³/mol. The van der Waals surface area contributed by atoms with Crippen LogP contribution in [0.1, 0.15) is 155 Å². The number of hydrogen-bond acceptors (Lipinski definition) is 2. The van der Waals surface area contributed by atoms with E-state index in [1.165, 1.54) is 135 Å². The number of rotatable bonds is 23. The molecule has 0 saturated heterocycles. The van der Waals surface area contributed by atoms with Gasteiger partial charge in [0, 0.05) is 6.42 Å². The average molecular weight is 413 g/mol. The fourth-order valence-corrected chi connectivity index (χ4v) is 4.01. The molecule has 0 aromatic carbocycles. The molecule has 0 aliphatic heterocycles. The molecule has 0 saturated carbocycles. The highest BCUT2D eigenvalue weighted by molar-refractivity contribution is 7.80. The van der Waals surface area contributed by atoms with Crippen LogP contribution in [0.3, 0.4) is 0 Å². The monoisotopic (exact) mass is 412 g/mol. The van der Waals surface area contributed by atoms with Gasteiger partial charge in [0.2, 0.25) is 0 Å². The predicted octanol–water partition coefficient (Wildman–Crippen LogP) is 9.95. The molecule has 2 heteroatoms. The Morgan fingerprint density at radius 2 is 0.786 bits per heavy atom. The zero-order valence-corrected chi connectivity index (χ0v) is 20.4. The maximum atomic E-state index is 5.73. The van der Waals surface area contributed by atoms with Crippen molar-refractivity contribution in [1.82, 2.24) is 0 Å². The first-order valence-electron chi connectivity index (χ1n) is 13.0. The normalized spacial score (nSPS) is 11.1. The van der Waals surface area contributed by atoms with Crippen LogP contribution in [0.4, 0.5) is 0 Å². The van der Waals surface area contributed by atoms with E-state index in [0.717, 1.165) is 18.1 Å². The third kappa shape index (κ3) is 23.9. The van der Waals surface area contributed by atoms with Crippen molar-refractivity contribution >= 4 is 17.3 Å². The first-order valence-corrected chi connectivity index (χ1v) is 13.4. The molecule has 0 N–H and O–H groups in total. The first-order chi connectivity index (χ1) is 13.8. The van der Waals surface area contributed by atoms with Crippen molar-refractivity contribution in [2.75, 3.05) is 6.61 Å². The Kier molecular flexibility index (Phi) is 24.8. The van der Waals surface area contributed by atoms with Crippen LogP contribution in [0.5, 0.6) is 0 Å². The standard InChI is InChI=1S/C26H52OS/c1-3-5-7-9-11-13-14-15-16-17-18-20-22-24-26(28)27-25-23-21-19-12-10-8-6-4-2/h3-25H2,1-2H3. The molecule has 0 heterocycles. The molecule has 1 nitrogen and oxygen atoms in total. The smallest absolute Gasteiger partial charge is 0.159 e. The van der Waals surface area contributed by atoms with E-state index in [1.807, 2.05) is 0 Å². The van der Waals surface area contributed by atoms with Gasteiger partial charge in [-0.05, 0) is 25.1 Å². The van der Waals surface area contributed by atoms with Gasteiger partial charge in [0.1, 0.15) is 0 Å². The molecule has 0 spiro atoms. The van der Waals surface area contributed by atoms with E-state index >= 15 is 0 Å². The van der Waals surface area contributed by atoms with Crippen LogP contribution >= 0.6 is 12.2 Å². The molecule has 0 unspecified atom stereocenters. The number of thiocarbonyl (C=S) groups is 1. The minimum absolute atomic E-state index is 0.840. The van der Waals surface area contributed by atoms with Gasteiger partial charge in [-0.2, -0.15) is 0 Å². The molecule has 0 aliphatic rings. The van der Waals surface area contributed by atoms with Gasteiger partial charge in [0.25, 0.3) is 0 Å². The quantitative estimate of drug-likeness (QED) is 0.122. The first kappa shape index (κ1) is 27.9. The van der Waals surface area contributed by atoms with E-state index in [2.05, 4.69) is 13.8 Å². The second kappa shape index (κ2) is 24.9. The molecule has 0 rings (SSSR count). The lowest BCUT2D eigenvalue weighted by atomic mass is 10.0. The minimum atomic E-state index is 0.840. The van der Waals surface area contributed by atoms with E-state index in [0.29, 0.717) is 0 Å². The van der Waals surface area contributed by atoms with E-state index in [-0.39, 0.29) is 0 Å². The molecule has 168 valence electrons. The summed E-state index contributed by atoms with van der Waals surface area (Å²) in [5.41, 5.74) is 0. The Hall–Kier alpha value is -0.110. The zero-order valence-electron chi connectivity index (χ0n) is 19.6. The minimum Gasteiger partial charge on any atom is -0.487 e. The number of unbranched alkanes of at least 4 members (excludes halogenated alkanes) is 19. The maximum absolute atomic E-state index is 5.73. The summed E-state index contributed by atoms with van der Waals surface area (Å²) in [4.78, 5) is 0. The molecular weight excluding hydrogens is 360 g/mol. The molecular formula is C26H52OS. The van der Waals surface area contributed by atoms with Crippen LogP contribution in [0, 0.1) is 0 Å². The Morgan fingerprint density at radius 1 is 0.464 bits per heavy atom. The lowest BCUT2D eigenvalue weighted by Gasteiger charge is -2.07. The molecule has 0 bridgehead atoms. The Labute approximate surface area is 183 Å². The molecule has 0 atom stereocenters. The Balaban J connectivity index is 3.13. The molecule has 0 aromatic heterocycles. The lowest BCUT2D eigenvalue weighted by Crippen LogP contribution is -2.03. The van der Waals surface area contributed by atoms with E-state index in [4.69, 9.17) is 17.0 Å². The van der Waals surface area contributed by atoms with Gasteiger partial charge >= 0.3 is 0 Å². The van der Waals surface area contributed by atoms with Crippen molar-refractivity contribution < 1.29 is 4.74 Å². The molecule has 0 fully saturated rings. The molecule has 28 heavy (non-hydrogen) atoms. The van der Waals surface area contributed by atoms with Crippen LogP contribution < -0.4 is 0 Å². The maximum Gasteiger partial charge on any atom is 0.159 e. The van der Waals surface area contributed by atoms with E-state index < -0.39 is 0 Å². The van der Waals surface area contributed by atoms with Crippen molar-refractivity contribution in [3.63, 3.8) is 0 Å². The highest BCUT2D eigenvalue weighted by Crippen LogP contribution is 2.13. The third-order valence-electron chi connectivity index (χ3n) is 5.75. The fraction of sp³-hybridized carbons (Fsp3) is 0.962. The summed E-state index contributed by atoms with van der Waals surface area (Å²) in [6.07, 6.45) is 30.0. The highest BCUT2D eigenvalue weighted by atomic mass is 32.1. The van der Waals surface area contributed by atoms with Crippen LogP contribution in [0.2, 0.25) is 0 Å². The van der Waals surface area contributed by atoms with Gasteiger partial charge < -0.3 is 4.74 Å². The van der Waals surface area contributed by atoms with Crippen LogP contribution in [0.15, 0.2) is 0 Å². The summed E-state index contributed by atoms with van der Waals surface area (Å²) >= 11 is 5.37. The summed E-state index contributed by atoms with van der Waals surface area (Å²) in [5, 5.41) is 0.853. The summed E-state index contributed by atoms with van der Waals surface area (Å²) in [6.45, 7) is 5.41. The zero-order chi connectivity index (χ0) is 20.5. The van der Waals surface area contributed by atoms with Gasteiger partial charge in [-0.1, -0.05) is 136 Å². The number of hydrogen-bond donors (Lipinski definition) is 0. The SMILES string of the molecule is CCCCCCCCCCCCCCCC(=S)OCCCCCCCCCC. The summed E-state index contributed by atoms with van der Waals surface area (Å²) in [7, 11) is 0. The van der Waals surface area contributed by atoms with Crippen molar-refractivity contribution in [3.05, 3.63) is 0 Å². The topological polar surface area (TPSA) is 9.23 Å². The summed E-state index contributed by atoms with van der Waals surface area (Å²) in [6, 6.07) is 0. The van der Waals surface area contributed by atoms with Gasteiger partial charge in [-0.3, -0.25) is 0 Å². The van der Waals surface area contributed by atoms with Crippen LogP contribution in [0.25, 0.3) is 0 Å². The van der Waals surface area contributed by atoms with Crippen molar-refractivity contribution in [2.45, 2.75) is 155 Å². The van der Waals surface area contributed by atoms with Crippen molar-refractivity contribution in [2.24, 2.45) is 0 Å². The van der Waals surface area contributed by atoms with Gasteiger partial charge in [0.15, 0.2) is 5.05 Å². The van der Waals surface area contributed by atoms with Gasteiger partial charge in [0.05, 0.1) is 6.61 Å². The molecule has 0 radical (unpaired) electrons. The second-order valence-electron chi connectivity index (χ2n) is 8.69. The van der Waals surface area contributed by atoms with Crippen LogP contribution in [-0.4, -0.2) is 11.7 Å². The lowest BCUT2D eigenvalue weighted by molar-refractivity contribution is 0.290. The Bertz CT molecular complexity index is 303. The number of ether oxygens (including phenoxy) is 1. The third-order valence-corrected chi connectivity index (χ3v) is 6.07. The van der Waals surface area contributed by atoms with Crippen LogP contribution in [-0.2, 0) is 4.74 Å². The largest absolute Gasteiger partial charge is 0.487 e. The average Bonchev–Trinajstić information content (AvgIpc) is 2.70. The van der Waals surface area contributed by atoms with E-state index in [1.54, 1.807) is 0 Å². The van der Waals surface area contributed by atoms with Crippen molar-refractivity contribution in [3.8, 4) is 0 Å². The summed E-state index contributed by atoms with van der Waals surface area (Å²) < 4.78 is 5.73. The van der Waals surface area contributed by atoms with Crippen molar-refractivity contribution in [1.29, 1.82) is 0 Å². The molecule has 0 aromatic rings. The fourth-order valence-electron chi connectivity index (χ4n) is 3.78. The highest BCUT2D eigenvalue weighted by Gasteiger charge is 1.99. The second-order valence-corrected chi connectivity index (χ2v) is 9.14. The van der Waals surface area contributed by atoms with Gasteiger partial charge in [-0.15, -0.1) is 0 Å². The molecule has 0 amide bonds. The molecule has 0 aliphatic carbocycles. The van der Waals surface area contributed by atoms with E-state index in [9.17, 15) is 0 Å².